The molecule has 0 aliphatic rings. The number of benzene rings is 2. The third-order valence-electron chi connectivity index (χ3n) is 2.93. The fourth-order valence-electron chi connectivity index (χ4n) is 2.04. The van der Waals surface area contributed by atoms with Crippen molar-refractivity contribution < 1.29 is 4.39 Å². The minimum absolute atomic E-state index is 0.164. The molecule has 0 saturated heterocycles. The zero-order valence-electron chi connectivity index (χ0n) is 10.5. The molecule has 1 atom stereocenters. The molecule has 0 aliphatic carbocycles. The summed E-state index contributed by atoms with van der Waals surface area (Å²) in [5, 5.41) is -0.299. The topological polar surface area (TPSA) is 0 Å². The van der Waals surface area contributed by atoms with Crippen molar-refractivity contribution in [2.75, 3.05) is 0 Å². The average Bonchev–Trinajstić information content (AvgIpc) is 2.33. The molecular weight excluding hydrogens is 394 g/mol. The first-order chi connectivity index (χ1) is 8.88. The molecule has 2 aromatic carbocycles. The van der Waals surface area contributed by atoms with Crippen LogP contribution in [0, 0.1) is 19.7 Å². The second-order valence-electron chi connectivity index (χ2n) is 4.53. The van der Waals surface area contributed by atoms with Gasteiger partial charge in [0.2, 0.25) is 0 Å². The van der Waals surface area contributed by atoms with Crippen molar-refractivity contribution in [3.8, 4) is 0 Å². The molecular formula is C15H12Br2ClF. The lowest BCUT2D eigenvalue weighted by atomic mass is 10.00. The Hall–Kier alpha value is -0.380. The maximum atomic E-state index is 13.6. The number of rotatable bonds is 2. The molecule has 0 bridgehead atoms. The van der Waals surface area contributed by atoms with E-state index in [2.05, 4.69) is 31.9 Å². The quantitative estimate of drug-likeness (QED) is 0.514. The highest BCUT2D eigenvalue weighted by Crippen LogP contribution is 2.34. The van der Waals surface area contributed by atoms with E-state index in [1.54, 1.807) is 26.0 Å². The zero-order valence-corrected chi connectivity index (χ0v) is 14.4. The van der Waals surface area contributed by atoms with Crippen molar-refractivity contribution in [1.29, 1.82) is 0 Å². The summed E-state index contributed by atoms with van der Waals surface area (Å²) in [6.07, 6.45) is 0. The van der Waals surface area contributed by atoms with E-state index in [-0.39, 0.29) is 11.2 Å². The molecule has 2 aromatic rings. The Kier molecular flexibility index (Phi) is 4.70. The molecule has 0 saturated carbocycles. The largest absolute Gasteiger partial charge is 0.206 e. The third kappa shape index (κ3) is 3.39. The van der Waals surface area contributed by atoms with E-state index in [1.807, 2.05) is 18.2 Å². The van der Waals surface area contributed by atoms with Crippen molar-refractivity contribution in [1.82, 2.24) is 0 Å². The number of hydrogen-bond donors (Lipinski definition) is 0. The molecule has 100 valence electrons. The lowest BCUT2D eigenvalue weighted by Crippen LogP contribution is -1.98. The van der Waals surface area contributed by atoms with E-state index in [9.17, 15) is 4.39 Å². The normalized spacial score (nSPS) is 12.5. The molecule has 1 unspecified atom stereocenters. The minimum Gasteiger partial charge on any atom is -0.206 e. The summed E-state index contributed by atoms with van der Waals surface area (Å²) < 4.78 is 15.6. The molecule has 0 aliphatic heterocycles. The Morgan fingerprint density at radius 1 is 0.895 bits per heavy atom. The maximum Gasteiger partial charge on any atom is 0.129 e. The van der Waals surface area contributed by atoms with Gasteiger partial charge in [-0.1, -0.05) is 44.0 Å². The fourth-order valence-corrected chi connectivity index (χ4v) is 3.62. The van der Waals surface area contributed by atoms with Gasteiger partial charge in [0.1, 0.15) is 5.82 Å². The van der Waals surface area contributed by atoms with Crippen LogP contribution in [0.15, 0.2) is 39.3 Å². The second-order valence-corrected chi connectivity index (χ2v) is 6.80. The van der Waals surface area contributed by atoms with Gasteiger partial charge >= 0.3 is 0 Å². The van der Waals surface area contributed by atoms with E-state index in [0.29, 0.717) is 11.1 Å². The SMILES string of the molecule is Cc1cc(C(Cl)c2cc(Br)cc(Br)c2)cc(C)c1F. The van der Waals surface area contributed by atoms with Crippen molar-refractivity contribution in [2.45, 2.75) is 19.2 Å². The molecule has 0 aromatic heterocycles. The van der Waals surface area contributed by atoms with Crippen LogP contribution >= 0.6 is 43.5 Å². The first-order valence-corrected chi connectivity index (χ1v) is 7.77. The molecule has 0 spiro atoms. The van der Waals surface area contributed by atoms with Crippen LogP contribution in [0.2, 0.25) is 0 Å². The Morgan fingerprint density at radius 3 is 1.79 bits per heavy atom. The lowest BCUT2D eigenvalue weighted by molar-refractivity contribution is 0.608. The van der Waals surface area contributed by atoms with Crippen molar-refractivity contribution in [3.05, 3.63) is 67.3 Å². The predicted octanol–water partition coefficient (Wildman–Crippen LogP) is 6.30. The van der Waals surface area contributed by atoms with Gasteiger partial charge in [-0.2, -0.15) is 0 Å². The summed E-state index contributed by atoms with van der Waals surface area (Å²) in [5.41, 5.74) is 3.11. The second kappa shape index (κ2) is 5.94. The van der Waals surface area contributed by atoms with Crippen molar-refractivity contribution >= 4 is 43.5 Å². The molecule has 2 rings (SSSR count). The Bertz CT molecular complexity index is 582. The van der Waals surface area contributed by atoms with Gasteiger partial charge in [-0.05, 0) is 54.3 Å². The fraction of sp³-hybridized carbons (Fsp3) is 0.200. The lowest BCUT2D eigenvalue weighted by Gasteiger charge is -2.14. The highest BCUT2D eigenvalue weighted by molar-refractivity contribution is 9.11. The Labute approximate surface area is 134 Å². The van der Waals surface area contributed by atoms with Crippen LogP contribution in [-0.2, 0) is 0 Å². The summed E-state index contributed by atoms with van der Waals surface area (Å²) in [6.45, 7) is 3.51. The number of halogens is 4. The standard InChI is InChI=1S/C15H12Br2ClF/c1-8-3-10(4-9(2)15(8)19)14(18)11-5-12(16)7-13(17)6-11/h3-7,14H,1-2H3. The monoisotopic (exact) mass is 404 g/mol. The van der Waals surface area contributed by atoms with Crippen LogP contribution < -0.4 is 0 Å². The zero-order chi connectivity index (χ0) is 14.2. The minimum atomic E-state index is -0.299. The molecule has 0 amide bonds. The molecule has 0 heterocycles. The summed E-state index contributed by atoms with van der Waals surface area (Å²) in [4.78, 5) is 0. The number of hydrogen-bond acceptors (Lipinski definition) is 0. The molecule has 4 heteroatoms. The Balaban J connectivity index is 2.46. The average molecular weight is 407 g/mol. The molecule has 0 radical (unpaired) electrons. The Morgan fingerprint density at radius 2 is 1.32 bits per heavy atom. The van der Waals surface area contributed by atoms with E-state index in [0.717, 1.165) is 20.1 Å². The molecule has 19 heavy (non-hydrogen) atoms. The number of alkyl halides is 1. The number of aryl methyl sites for hydroxylation is 2. The van der Waals surface area contributed by atoms with Crippen LogP contribution in [0.1, 0.15) is 27.6 Å². The molecule has 0 fully saturated rings. The summed E-state index contributed by atoms with van der Waals surface area (Å²) >= 11 is 13.4. The third-order valence-corrected chi connectivity index (χ3v) is 4.35. The summed E-state index contributed by atoms with van der Waals surface area (Å²) in [5.74, 6) is -0.164. The van der Waals surface area contributed by atoms with Gasteiger partial charge in [-0.15, -0.1) is 11.6 Å². The summed E-state index contributed by atoms with van der Waals surface area (Å²) in [7, 11) is 0. The van der Waals surface area contributed by atoms with Crippen molar-refractivity contribution in [3.63, 3.8) is 0 Å². The highest BCUT2D eigenvalue weighted by atomic mass is 79.9. The van der Waals surface area contributed by atoms with Gasteiger partial charge in [0.05, 0.1) is 5.38 Å². The van der Waals surface area contributed by atoms with Gasteiger partial charge in [0.15, 0.2) is 0 Å². The van der Waals surface area contributed by atoms with Gasteiger partial charge in [-0.25, -0.2) is 4.39 Å². The van der Waals surface area contributed by atoms with Gasteiger partial charge in [-0.3, -0.25) is 0 Å². The predicted molar refractivity (Wildman–Crippen MR) is 85.4 cm³/mol. The van der Waals surface area contributed by atoms with Crippen LogP contribution in [-0.4, -0.2) is 0 Å². The smallest absolute Gasteiger partial charge is 0.129 e. The highest BCUT2D eigenvalue weighted by Gasteiger charge is 2.15. The van der Waals surface area contributed by atoms with Crippen LogP contribution in [0.3, 0.4) is 0 Å². The van der Waals surface area contributed by atoms with Gasteiger partial charge in [0, 0.05) is 8.95 Å². The molecule has 0 N–H and O–H groups in total. The van der Waals surface area contributed by atoms with Crippen LogP contribution in [0.5, 0.6) is 0 Å². The van der Waals surface area contributed by atoms with Crippen molar-refractivity contribution in [2.24, 2.45) is 0 Å². The van der Waals surface area contributed by atoms with Crippen LogP contribution in [0.25, 0.3) is 0 Å². The first kappa shape index (κ1) is 15.0. The maximum absolute atomic E-state index is 13.6. The summed E-state index contributed by atoms with van der Waals surface area (Å²) in [6, 6.07) is 9.49. The molecule has 0 nitrogen and oxygen atoms in total. The van der Waals surface area contributed by atoms with E-state index in [1.165, 1.54) is 0 Å². The van der Waals surface area contributed by atoms with E-state index in [4.69, 9.17) is 11.6 Å². The first-order valence-electron chi connectivity index (χ1n) is 5.75. The van der Waals surface area contributed by atoms with E-state index >= 15 is 0 Å². The van der Waals surface area contributed by atoms with Gasteiger partial charge < -0.3 is 0 Å². The van der Waals surface area contributed by atoms with E-state index < -0.39 is 0 Å². The van der Waals surface area contributed by atoms with Gasteiger partial charge in [0.25, 0.3) is 0 Å². The van der Waals surface area contributed by atoms with Crippen LogP contribution in [0.4, 0.5) is 4.39 Å².